The molecule has 186 valence electrons. The Morgan fingerprint density at radius 2 is 1.89 bits per heavy atom. The van der Waals surface area contributed by atoms with Crippen molar-refractivity contribution >= 4 is 29.5 Å². The maximum Gasteiger partial charge on any atom is 0.253 e. The maximum absolute atomic E-state index is 13.6. The molecule has 10 nitrogen and oxygen atoms in total. The molecule has 1 saturated carbocycles. The number of nitrogen functional groups attached to an aromatic ring is 1. The molecular formula is C25H33N7O3. The number of carbonyl (C=O) groups excluding carboxylic acids is 3. The molecule has 4 rings (SSSR count). The molecule has 2 aromatic heterocycles. The Balaban J connectivity index is 1.56. The number of likely N-dealkylation sites (tertiary alicyclic amines) is 1. The molecule has 2 aromatic rings. The molecule has 3 atom stereocenters. The molecule has 2 aliphatic rings. The molecular weight excluding hydrogens is 446 g/mol. The van der Waals surface area contributed by atoms with E-state index in [0.717, 1.165) is 24.8 Å². The second kappa shape index (κ2) is 10.9. The smallest absolute Gasteiger partial charge is 0.253 e. The van der Waals surface area contributed by atoms with E-state index in [9.17, 15) is 14.4 Å². The number of carbonyl (C=O) groups is 3. The first-order valence-corrected chi connectivity index (χ1v) is 12.4. The van der Waals surface area contributed by atoms with E-state index in [1.807, 2.05) is 0 Å². The summed E-state index contributed by atoms with van der Waals surface area (Å²) in [5, 5.41) is 0. The number of aromatic nitrogens is 4. The van der Waals surface area contributed by atoms with Crippen LogP contribution < -0.4 is 10.6 Å². The topological polar surface area (TPSA) is 135 Å². The Labute approximate surface area is 205 Å². The van der Waals surface area contributed by atoms with Crippen LogP contribution in [0.4, 0.5) is 11.8 Å². The Morgan fingerprint density at radius 3 is 2.54 bits per heavy atom. The van der Waals surface area contributed by atoms with Crippen molar-refractivity contribution in [2.45, 2.75) is 64.3 Å². The molecule has 35 heavy (non-hydrogen) atoms. The highest BCUT2D eigenvalue weighted by Gasteiger charge is 2.55. The summed E-state index contributed by atoms with van der Waals surface area (Å²) in [4.78, 5) is 58.6. The van der Waals surface area contributed by atoms with Crippen molar-refractivity contribution in [1.82, 2.24) is 24.8 Å². The average molecular weight is 480 g/mol. The zero-order valence-corrected chi connectivity index (χ0v) is 20.3. The fraction of sp³-hybridized carbons (Fsp3) is 0.560. The summed E-state index contributed by atoms with van der Waals surface area (Å²) in [7, 11) is 1.54. The molecule has 0 radical (unpaired) electrons. The van der Waals surface area contributed by atoms with Crippen molar-refractivity contribution in [3.63, 3.8) is 0 Å². The number of imide groups is 1. The Kier molecular flexibility index (Phi) is 7.67. The van der Waals surface area contributed by atoms with Crippen LogP contribution in [0, 0.1) is 17.8 Å². The molecule has 3 heterocycles. The van der Waals surface area contributed by atoms with Crippen molar-refractivity contribution < 1.29 is 14.4 Å². The number of pyridine rings is 1. The largest absolute Gasteiger partial charge is 0.384 e. The molecule has 0 spiro atoms. The molecule has 2 N–H and O–H groups in total. The molecule has 1 aliphatic heterocycles. The van der Waals surface area contributed by atoms with Crippen LogP contribution in [-0.2, 0) is 20.8 Å². The number of likely N-dealkylation sites (N-methyl/N-ethyl adjacent to an activating group) is 1. The Bertz CT molecular complexity index is 1060. The Morgan fingerprint density at radius 1 is 1.17 bits per heavy atom. The average Bonchev–Trinajstić information content (AvgIpc) is 2.89. The summed E-state index contributed by atoms with van der Waals surface area (Å²) in [5.74, 6) is -0.470. The fourth-order valence-electron chi connectivity index (χ4n) is 5.46. The van der Waals surface area contributed by atoms with Gasteiger partial charge in [0.1, 0.15) is 24.5 Å². The van der Waals surface area contributed by atoms with Crippen LogP contribution in [0.5, 0.6) is 0 Å². The maximum atomic E-state index is 13.6. The summed E-state index contributed by atoms with van der Waals surface area (Å²) in [6, 6.07) is 2.53. The minimum absolute atomic E-state index is 0.164. The van der Waals surface area contributed by atoms with Gasteiger partial charge in [-0.25, -0.2) is 19.9 Å². The van der Waals surface area contributed by atoms with Gasteiger partial charge in [0.2, 0.25) is 17.8 Å². The van der Waals surface area contributed by atoms with Crippen LogP contribution in [0.3, 0.4) is 0 Å². The van der Waals surface area contributed by atoms with Crippen molar-refractivity contribution in [1.29, 1.82) is 0 Å². The van der Waals surface area contributed by atoms with Crippen molar-refractivity contribution in [3.8, 4) is 0 Å². The van der Waals surface area contributed by atoms with E-state index < -0.39 is 17.9 Å². The van der Waals surface area contributed by atoms with Gasteiger partial charge in [-0.2, -0.15) is 0 Å². The SMILES string of the molecule is CC[C@@H](CC(=O)N1C(=O)[C@H](Cc2ccnc(N)c2)[C@H]1C(=O)N(C)c1ncncn1)C1CCCCC1. The van der Waals surface area contributed by atoms with Crippen LogP contribution in [0.2, 0.25) is 0 Å². The van der Waals surface area contributed by atoms with Gasteiger partial charge in [0.25, 0.3) is 5.91 Å². The molecule has 10 heteroatoms. The number of anilines is 2. The van der Waals surface area contributed by atoms with Gasteiger partial charge >= 0.3 is 0 Å². The number of hydrogen-bond donors (Lipinski definition) is 1. The van der Waals surface area contributed by atoms with Crippen LogP contribution >= 0.6 is 0 Å². The van der Waals surface area contributed by atoms with Gasteiger partial charge in [-0.05, 0) is 36.0 Å². The summed E-state index contributed by atoms with van der Waals surface area (Å²) in [5.41, 5.74) is 6.59. The molecule has 3 amide bonds. The lowest BCUT2D eigenvalue weighted by Crippen LogP contribution is -2.69. The number of nitrogens with zero attached hydrogens (tertiary/aromatic N) is 6. The second-order valence-electron chi connectivity index (χ2n) is 9.55. The van der Waals surface area contributed by atoms with Gasteiger partial charge in [0.15, 0.2) is 0 Å². The number of rotatable bonds is 8. The molecule has 0 unspecified atom stereocenters. The first-order chi connectivity index (χ1) is 16.9. The van der Waals surface area contributed by atoms with Gasteiger partial charge in [0.05, 0.1) is 5.92 Å². The first-order valence-electron chi connectivity index (χ1n) is 12.4. The molecule has 0 aromatic carbocycles. The quantitative estimate of drug-likeness (QED) is 0.570. The summed E-state index contributed by atoms with van der Waals surface area (Å²) >= 11 is 0. The highest BCUT2D eigenvalue weighted by atomic mass is 16.2. The number of hydrogen-bond acceptors (Lipinski definition) is 8. The summed E-state index contributed by atoms with van der Waals surface area (Å²) in [6.45, 7) is 2.10. The third-order valence-electron chi connectivity index (χ3n) is 7.42. The van der Waals surface area contributed by atoms with E-state index >= 15 is 0 Å². The van der Waals surface area contributed by atoms with Crippen LogP contribution in [0.25, 0.3) is 0 Å². The van der Waals surface area contributed by atoms with Gasteiger partial charge in [0, 0.05) is 19.7 Å². The Hall–Kier alpha value is -3.43. The molecule has 2 fully saturated rings. The zero-order chi connectivity index (χ0) is 24.9. The normalized spacial score (nSPS) is 21.3. The monoisotopic (exact) mass is 479 g/mol. The first kappa shape index (κ1) is 24.7. The number of amides is 3. The van der Waals surface area contributed by atoms with E-state index in [2.05, 4.69) is 26.9 Å². The third kappa shape index (κ3) is 5.31. The van der Waals surface area contributed by atoms with Crippen molar-refractivity contribution in [2.24, 2.45) is 17.8 Å². The zero-order valence-electron chi connectivity index (χ0n) is 20.3. The van der Waals surface area contributed by atoms with Crippen LogP contribution in [0.15, 0.2) is 31.0 Å². The molecule has 1 aliphatic carbocycles. The minimum atomic E-state index is -0.921. The predicted octanol–water partition coefficient (Wildman–Crippen LogP) is 2.40. The lowest BCUT2D eigenvalue weighted by atomic mass is 9.76. The highest BCUT2D eigenvalue weighted by Crippen LogP contribution is 2.37. The fourth-order valence-corrected chi connectivity index (χ4v) is 5.46. The predicted molar refractivity (Wildman–Crippen MR) is 130 cm³/mol. The van der Waals surface area contributed by atoms with Crippen LogP contribution in [-0.4, -0.2) is 55.6 Å². The van der Waals surface area contributed by atoms with Crippen molar-refractivity contribution in [2.75, 3.05) is 17.7 Å². The third-order valence-corrected chi connectivity index (χ3v) is 7.42. The standard InChI is InChI=1S/C25H33N7O3/c1-3-17(18-7-5-4-6-8-18)13-21(33)32-22(24(35)31(2)25-29-14-27-15-30-25)19(23(32)34)11-16-9-10-28-20(26)12-16/h9-10,12,14-15,17-19,22H,3-8,11,13H2,1-2H3,(H2,26,28)/t17-,19+,22-/m0/s1. The summed E-state index contributed by atoms with van der Waals surface area (Å²) < 4.78 is 0. The lowest BCUT2D eigenvalue weighted by molar-refractivity contribution is -0.171. The second-order valence-corrected chi connectivity index (χ2v) is 9.55. The van der Waals surface area contributed by atoms with E-state index in [4.69, 9.17) is 5.73 Å². The van der Waals surface area contributed by atoms with Crippen molar-refractivity contribution in [3.05, 3.63) is 36.5 Å². The van der Waals surface area contributed by atoms with E-state index in [-0.39, 0.29) is 36.5 Å². The van der Waals surface area contributed by atoms with Gasteiger partial charge in [-0.1, -0.05) is 45.4 Å². The van der Waals surface area contributed by atoms with E-state index in [0.29, 0.717) is 11.7 Å². The number of β-lactam (4-membered cyclic amide) rings is 1. The van der Waals surface area contributed by atoms with Gasteiger partial charge in [-0.15, -0.1) is 0 Å². The summed E-state index contributed by atoms with van der Waals surface area (Å²) in [6.07, 6.45) is 11.5. The van der Waals surface area contributed by atoms with E-state index in [1.54, 1.807) is 25.4 Å². The number of nitrogens with two attached hydrogens (primary N) is 1. The lowest BCUT2D eigenvalue weighted by Gasteiger charge is -2.46. The molecule has 1 saturated heterocycles. The van der Waals surface area contributed by atoms with Crippen LogP contribution in [0.1, 0.15) is 57.4 Å². The van der Waals surface area contributed by atoms with Gasteiger partial charge < -0.3 is 5.73 Å². The molecule has 0 bridgehead atoms. The van der Waals surface area contributed by atoms with Gasteiger partial charge in [-0.3, -0.25) is 24.2 Å². The minimum Gasteiger partial charge on any atom is -0.384 e. The highest BCUT2D eigenvalue weighted by molar-refractivity contribution is 6.12. The van der Waals surface area contributed by atoms with E-state index in [1.165, 1.54) is 41.7 Å².